The first kappa shape index (κ1) is 13.6. The number of rotatable bonds is 0. The largest absolute Gasteiger partial charge is 0.0620 e. The van der Waals surface area contributed by atoms with Crippen molar-refractivity contribution in [2.45, 2.75) is 85.0 Å². The second-order valence-electron chi connectivity index (χ2n) is 9.43. The highest BCUT2D eigenvalue weighted by Crippen LogP contribution is 2.67. The molecule has 0 bridgehead atoms. The van der Waals surface area contributed by atoms with E-state index in [-0.39, 0.29) is 0 Å². The Balaban J connectivity index is 1.64. The van der Waals surface area contributed by atoms with E-state index < -0.39 is 0 Å². The summed E-state index contributed by atoms with van der Waals surface area (Å²) in [5.41, 5.74) is 1.44. The molecule has 0 radical (unpaired) electrons. The molecule has 4 aliphatic carbocycles. The zero-order valence-corrected chi connectivity index (χ0v) is 14.0. The van der Waals surface area contributed by atoms with Gasteiger partial charge in [-0.1, -0.05) is 33.6 Å². The molecule has 4 aliphatic rings. The van der Waals surface area contributed by atoms with Gasteiger partial charge in [-0.25, -0.2) is 0 Å². The van der Waals surface area contributed by atoms with Gasteiger partial charge in [0.05, 0.1) is 0 Å². The van der Waals surface area contributed by atoms with E-state index in [1.165, 1.54) is 19.3 Å². The van der Waals surface area contributed by atoms with Gasteiger partial charge in [0.2, 0.25) is 0 Å². The lowest BCUT2D eigenvalue weighted by Crippen LogP contribution is -2.52. The molecule has 0 nitrogen and oxygen atoms in total. The van der Waals surface area contributed by atoms with Crippen LogP contribution in [0.15, 0.2) is 0 Å². The summed E-state index contributed by atoms with van der Waals surface area (Å²) in [6.45, 7) is 7.91. The molecule has 0 aromatic heterocycles. The maximum atomic E-state index is 2.70. The first-order chi connectivity index (χ1) is 9.56. The highest BCUT2D eigenvalue weighted by molar-refractivity contribution is 5.07. The minimum absolute atomic E-state index is 0.707. The first-order valence-corrected chi connectivity index (χ1v) is 9.56. The third-order valence-corrected chi connectivity index (χ3v) is 9.06. The zero-order valence-electron chi connectivity index (χ0n) is 14.0. The van der Waals surface area contributed by atoms with Crippen molar-refractivity contribution >= 4 is 0 Å². The second-order valence-corrected chi connectivity index (χ2v) is 9.43. The summed E-state index contributed by atoms with van der Waals surface area (Å²) in [4.78, 5) is 0. The molecule has 0 N–H and O–H groups in total. The van der Waals surface area contributed by atoms with Gasteiger partial charge in [-0.15, -0.1) is 0 Å². The standard InChI is InChI=1S/C20H34/c1-14-7-10-17-16-9-8-15-6-4-5-12-20(15,3)18(16)11-13-19(14,17)2/h14-18H,4-13H2,1-3H3/t14-,15?,16-,17-,18-,19+,20-/m0/s1. The number of hydrogen-bond donors (Lipinski definition) is 0. The highest BCUT2D eigenvalue weighted by Gasteiger charge is 2.58. The van der Waals surface area contributed by atoms with E-state index >= 15 is 0 Å². The predicted octanol–water partition coefficient (Wildman–Crippen LogP) is 6.06. The molecule has 1 unspecified atom stereocenters. The third-order valence-electron chi connectivity index (χ3n) is 9.06. The Morgan fingerprint density at radius 3 is 2.35 bits per heavy atom. The van der Waals surface area contributed by atoms with Gasteiger partial charge in [0, 0.05) is 0 Å². The Morgan fingerprint density at radius 2 is 1.50 bits per heavy atom. The van der Waals surface area contributed by atoms with Crippen molar-refractivity contribution < 1.29 is 0 Å². The molecule has 0 saturated heterocycles. The Bertz CT molecular complexity index is 385. The van der Waals surface area contributed by atoms with E-state index in [2.05, 4.69) is 20.8 Å². The summed E-state index contributed by atoms with van der Waals surface area (Å²) in [5.74, 6) is 5.34. The molecule has 0 heteroatoms. The van der Waals surface area contributed by atoms with Gasteiger partial charge in [-0.05, 0) is 91.8 Å². The molecule has 7 atom stereocenters. The van der Waals surface area contributed by atoms with Crippen LogP contribution in [0.2, 0.25) is 0 Å². The number of hydrogen-bond acceptors (Lipinski definition) is 0. The Morgan fingerprint density at radius 1 is 0.700 bits per heavy atom. The molecule has 0 aromatic carbocycles. The van der Waals surface area contributed by atoms with Gasteiger partial charge in [0.25, 0.3) is 0 Å². The first-order valence-electron chi connectivity index (χ1n) is 9.56. The van der Waals surface area contributed by atoms with E-state index in [4.69, 9.17) is 0 Å². The fraction of sp³-hybridized carbons (Fsp3) is 1.00. The molecule has 0 aromatic rings. The van der Waals surface area contributed by atoms with Crippen LogP contribution >= 0.6 is 0 Å². The SMILES string of the molecule is C[C@H]1CC[C@H]2[C@@H]3CCC4CCCC[C@]4(C)[C@H]3CC[C@]12C. The maximum Gasteiger partial charge on any atom is -0.0266 e. The predicted molar refractivity (Wildman–Crippen MR) is 85.5 cm³/mol. The monoisotopic (exact) mass is 274 g/mol. The Kier molecular flexibility index (Phi) is 3.07. The maximum absolute atomic E-state index is 2.70. The van der Waals surface area contributed by atoms with E-state index in [9.17, 15) is 0 Å². The molecular weight excluding hydrogens is 240 g/mol. The number of fused-ring (bicyclic) bond motifs is 5. The van der Waals surface area contributed by atoms with Crippen LogP contribution in [0.5, 0.6) is 0 Å². The average molecular weight is 274 g/mol. The van der Waals surface area contributed by atoms with E-state index in [1.54, 1.807) is 44.9 Å². The van der Waals surface area contributed by atoms with E-state index in [0.717, 1.165) is 35.0 Å². The molecule has 114 valence electrons. The van der Waals surface area contributed by atoms with Crippen molar-refractivity contribution in [3.63, 3.8) is 0 Å². The van der Waals surface area contributed by atoms with Gasteiger partial charge < -0.3 is 0 Å². The normalized spacial score (nSPS) is 58.6. The molecule has 4 rings (SSSR count). The van der Waals surface area contributed by atoms with Gasteiger partial charge in [0.15, 0.2) is 0 Å². The molecule has 0 spiro atoms. The summed E-state index contributed by atoms with van der Waals surface area (Å²) >= 11 is 0. The van der Waals surface area contributed by atoms with Crippen LogP contribution in [-0.4, -0.2) is 0 Å². The summed E-state index contributed by atoms with van der Waals surface area (Å²) in [6, 6.07) is 0. The molecule has 20 heavy (non-hydrogen) atoms. The van der Waals surface area contributed by atoms with Crippen LogP contribution in [-0.2, 0) is 0 Å². The van der Waals surface area contributed by atoms with Crippen LogP contribution in [0.3, 0.4) is 0 Å². The third kappa shape index (κ3) is 1.66. The van der Waals surface area contributed by atoms with Gasteiger partial charge in [0.1, 0.15) is 0 Å². The highest BCUT2D eigenvalue weighted by atomic mass is 14.6. The van der Waals surface area contributed by atoms with Crippen molar-refractivity contribution in [3.05, 3.63) is 0 Å². The van der Waals surface area contributed by atoms with Gasteiger partial charge >= 0.3 is 0 Å². The van der Waals surface area contributed by atoms with Crippen molar-refractivity contribution in [2.75, 3.05) is 0 Å². The molecule has 0 aliphatic heterocycles. The molecular formula is C20H34. The van der Waals surface area contributed by atoms with E-state index in [0.29, 0.717) is 5.41 Å². The fourth-order valence-corrected chi connectivity index (χ4v) is 7.56. The molecule has 4 saturated carbocycles. The average Bonchev–Trinajstić information content (AvgIpc) is 2.74. The lowest BCUT2D eigenvalue weighted by atomic mass is 9.45. The topological polar surface area (TPSA) is 0 Å². The van der Waals surface area contributed by atoms with Gasteiger partial charge in [-0.3, -0.25) is 0 Å². The quantitative estimate of drug-likeness (QED) is 0.504. The molecule has 0 heterocycles. The lowest BCUT2D eigenvalue weighted by Gasteiger charge is -2.60. The van der Waals surface area contributed by atoms with Crippen LogP contribution in [0, 0.1) is 40.4 Å². The summed E-state index contributed by atoms with van der Waals surface area (Å²) in [7, 11) is 0. The Hall–Kier alpha value is 0. The molecule has 0 amide bonds. The smallest absolute Gasteiger partial charge is 0.0266 e. The zero-order chi connectivity index (χ0) is 14.0. The van der Waals surface area contributed by atoms with Crippen molar-refractivity contribution in [1.82, 2.24) is 0 Å². The van der Waals surface area contributed by atoms with Crippen LogP contribution in [0.1, 0.15) is 85.0 Å². The minimum Gasteiger partial charge on any atom is -0.0620 e. The van der Waals surface area contributed by atoms with Crippen molar-refractivity contribution in [1.29, 1.82) is 0 Å². The lowest BCUT2D eigenvalue weighted by molar-refractivity contribution is -0.109. The Labute approximate surface area is 126 Å². The van der Waals surface area contributed by atoms with Crippen molar-refractivity contribution in [3.8, 4) is 0 Å². The van der Waals surface area contributed by atoms with Gasteiger partial charge in [-0.2, -0.15) is 0 Å². The second kappa shape index (κ2) is 4.50. The van der Waals surface area contributed by atoms with Crippen LogP contribution in [0.4, 0.5) is 0 Å². The van der Waals surface area contributed by atoms with E-state index in [1.807, 2.05) is 0 Å². The summed E-state index contributed by atoms with van der Waals surface area (Å²) in [5, 5.41) is 0. The van der Waals surface area contributed by atoms with Crippen LogP contribution < -0.4 is 0 Å². The van der Waals surface area contributed by atoms with Crippen LogP contribution in [0.25, 0.3) is 0 Å². The summed E-state index contributed by atoms with van der Waals surface area (Å²) < 4.78 is 0. The minimum atomic E-state index is 0.707. The molecule has 4 fully saturated rings. The van der Waals surface area contributed by atoms with Crippen molar-refractivity contribution in [2.24, 2.45) is 40.4 Å². The fourth-order valence-electron chi connectivity index (χ4n) is 7.56. The summed E-state index contributed by atoms with van der Waals surface area (Å²) in [6.07, 6.45) is 15.5.